The quantitative estimate of drug-likeness (QED) is 0.451. The molecular formula is C4H12GdSi-. The van der Waals surface area contributed by atoms with Crippen molar-refractivity contribution in [2.24, 2.45) is 0 Å². The van der Waals surface area contributed by atoms with Crippen molar-refractivity contribution in [1.82, 2.24) is 0 Å². The Bertz CT molecular complexity index is 12.3. The van der Waals surface area contributed by atoms with Crippen LogP contribution in [0.1, 0.15) is 0 Å². The molecule has 0 unspecified atom stereocenters. The van der Waals surface area contributed by atoms with E-state index in [-0.39, 0.29) is 56.2 Å². The summed E-state index contributed by atoms with van der Waals surface area (Å²) >= 11 is 0. The molecule has 41 valence electrons. The third-order valence-electron chi connectivity index (χ3n) is 0. The topological polar surface area (TPSA) is 0 Å². The summed E-state index contributed by atoms with van der Waals surface area (Å²) in [6.45, 7) is 6.81. The van der Waals surface area contributed by atoms with Gasteiger partial charge in [-0.2, -0.15) is 0 Å². The molecule has 0 fully saturated rings. The first-order valence-corrected chi connectivity index (χ1v) is 4.50. The van der Waals surface area contributed by atoms with Crippen LogP contribution in [0, 0.1) is 47.4 Å². The van der Waals surface area contributed by atoms with Gasteiger partial charge in [0, 0.05) is 48.7 Å². The van der Waals surface area contributed by atoms with Crippen LogP contribution in [0.5, 0.6) is 0 Å². The second-order valence-corrected chi connectivity index (χ2v) is 4.50. The van der Waals surface area contributed by atoms with Gasteiger partial charge >= 0.3 is 0 Å². The number of hydrogen-bond donors (Lipinski definition) is 0. The zero-order valence-electron chi connectivity index (χ0n) is 4.85. The first-order valence-electron chi connectivity index (χ1n) is 1.50. The SMILES string of the molecule is C[Si](C)C.[CH3-].[Gd]. The van der Waals surface area contributed by atoms with Crippen LogP contribution >= 0.6 is 0 Å². The Hall–Kier alpha value is 1.54. The van der Waals surface area contributed by atoms with Crippen LogP contribution in [0.3, 0.4) is 0 Å². The Labute approximate surface area is 75.0 Å². The van der Waals surface area contributed by atoms with Crippen molar-refractivity contribution in [3.63, 3.8) is 0 Å². The summed E-state index contributed by atoms with van der Waals surface area (Å²) in [7, 11) is 0.120. The van der Waals surface area contributed by atoms with Gasteiger partial charge in [0.2, 0.25) is 0 Å². The minimum atomic E-state index is 0. The minimum Gasteiger partial charge on any atom is -0.358 e. The fourth-order valence-electron chi connectivity index (χ4n) is 0. The third kappa shape index (κ3) is 48.1. The Morgan fingerprint density at radius 1 is 1.00 bits per heavy atom. The summed E-state index contributed by atoms with van der Waals surface area (Å²) in [5, 5.41) is 0. The summed E-state index contributed by atoms with van der Waals surface area (Å²) in [6.07, 6.45) is 0. The predicted molar refractivity (Wildman–Crippen MR) is 29.8 cm³/mol. The molecule has 0 nitrogen and oxygen atoms in total. The molecule has 1 radical (unpaired) electrons. The molecule has 0 saturated heterocycles. The van der Waals surface area contributed by atoms with Crippen molar-refractivity contribution in [2.45, 2.75) is 19.6 Å². The van der Waals surface area contributed by atoms with Gasteiger partial charge in [-0.25, -0.2) is 0 Å². The normalized spacial score (nSPS) is 6.00. The fourth-order valence-corrected chi connectivity index (χ4v) is 0. The van der Waals surface area contributed by atoms with Gasteiger partial charge in [0.05, 0.1) is 0 Å². The maximum atomic E-state index is 2.27. The van der Waals surface area contributed by atoms with Gasteiger partial charge < -0.3 is 7.43 Å². The summed E-state index contributed by atoms with van der Waals surface area (Å²) in [4.78, 5) is 0. The maximum Gasteiger partial charge on any atom is 0.0379 e. The van der Waals surface area contributed by atoms with Crippen molar-refractivity contribution < 1.29 is 39.9 Å². The predicted octanol–water partition coefficient (Wildman–Crippen LogP) is 1.82. The van der Waals surface area contributed by atoms with Gasteiger partial charge in [0.25, 0.3) is 0 Å². The van der Waals surface area contributed by atoms with Crippen LogP contribution in [0.2, 0.25) is 19.6 Å². The van der Waals surface area contributed by atoms with E-state index >= 15 is 0 Å². The van der Waals surface area contributed by atoms with Crippen molar-refractivity contribution in [1.29, 1.82) is 0 Å². The van der Waals surface area contributed by atoms with E-state index in [1.54, 1.807) is 0 Å². The molecule has 0 heterocycles. The minimum absolute atomic E-state index is 0. The molecule has 0 aliphatic carbocycles. The molecule has 0 aliphatic heterocycles. The molecule has 6 heavy (non-hydrogen) atoms. The molecule has 0 spiro atoms. The Morgan fingerprint density at radius 2 is 1.00 bits per heavy atom. The van der Waals surface area contributed by atoms with E-state index in [1.807, 2.05) is 0 Å². The molecule has 0 aliphatic rings. The van der Waals surface area contributed by atoms with E-state index in [4.69, 9.17) is 0 Å². The number of rotatable bonds is 0. The van der Waals surface area contributed by atoms with E-state index in [0.29, 0.717) is 0 Å². The molecule has 2 heteroatoms. The standard InChI is InChI=1S/C3H9Si.CH3.Gd/c1-4(2)3;;/h1-3H3;1H3;/q;-1;. The van der Waals surface area contributed by atoms with E-state index in [2.05, 4.69) is 19.6 Å². The van der Waals surface area contributed by atoms with Crippen LogP contribution in [0.15, 0.2) is 0 Å². The first kappa shape index (κ1) is 15.6. The smallest absolute Gasteiger partial charge is 0.0379 e. The number of hydrogen-bond acceptors (Lipinski definition) is 0. The van der Waals surface area contributed by atoms with Crippen molar-refractivity contribution in [2.75, 3.05) is 0 Å². The summed E-state index contributed by atoms with van der Waals surface area (Å²) in [5.41, 5.74) is 0. The van der Waals surface area contributed by atoms with Crippen molar-refractivity contribution in [3.8, 4) is 0 Å². The summed E-state index contributed by atoms with van der Waals surface area (Å²) < 4.78 is 0. The van der Waals surface area contributed by atoms with Crippen LogP contribution in [0.25, 0.3) is 0 Å². The van der Waals surface area contributed by atoms with E-state index in [0.717, 1.165) is 0 Å². The van der Waals surface area contributed by atoms with Gasteiger partial charge in [0.1, 0.15) is 0 Å². The van der Waals surface area contributed by atoms with Crippen molar-refractivity contribution in [3.05, 3.63) is 7.43 Å². The molecule has 0 amide bonds. The second kappa shape index (κ2) is 9.74. The Balaban J connectivity index is -0.0000000450. The molecule has 0 aromatic carbocycles. The molecule has 0 aromatic rings. The summed E-state index contributed by atoms with van der Waals surface area (Å²) in [6, 6.07) is 0. The molecule has 0 N–H and O–H groups in total. The van der Waals surface area contributed by atoms with E-state index in [1.165, 1.54) is 0 Å². The Kier molecular flexibility index (Phi) is 25.4. The van der Waals surface area contributed by atoms with Crippen LogP contribution in [0.4, 0.5) is 0 Å². The second-order valence-electron chi connectivity index (χ2n) is 1.50. The van der Waals surface area contributed by atoms with E-state index in [9.17, 15) is 0 Å². The van der Waals surface area contributed by atoms with Gasteiger partial charge in [-0.3, -0.25) is 0 Å². The average molecular weight is 245 g/mol. The van der Waals surface area contributed by atoms with Crippen molar-refractivity contribution >= 4 is 8.80 Å². The monoisotopic (exact) mass is 246 g/mol. The van der Waals surface area contributed by atoms with Gasteiger partial charge in [-0.1, -0.05) is 19.6 Å². The first-order chi connectivity index (χ1) is 1.73. The molecule has 0 atom stereocenters. The summed E-state index contributed by atoms with van der Waals surface area (Å²) in [5.74, 6) is 0. The molecular weight excluding hydrogens is 233 g/mol. The molecule has 0 bridgehead atoms. The molecule has 0 aromatic heterocycles. The largest absolute Gasteiger partial charge is 0.358 e. The van der Waals surface area contributed by atoms with E-state index < -0.39 is 0 Å². The maximum absolute atomic E-state index is 2.27. The van der Waals surface area contributed by atoms with Gasteiger partial charge in [-0.15, -0.1) is 0 Å². The molecule has 0 rings (SSSR count). The van der Waals surface area contributed by atoms with Gasteiger partial charge in [-0.05, 0) is 0 Å². The average Bonchev–Trinajstić information content (AvgIpc) is 0.811. The Morgan fingerprint density at radius 3 is 1.00 bits per heavy atom. The van der Waals surface area contributed by atoms with Crippen LogP contribution < -0.4 is 0 Å². The zero-order chi connectivity index (χ0) is 3.58. The van der Waals surface area contributed by atoms with Crippen LogP contribution in [-0.4, -0.2) is 8.80 Å². The fraction of sp³-hybridized carbons (Fsp3) is 0.750. The molecule has 0 saturated carbocycles. The van der Waals surface area contributed by atoms with Crippen LogP contribution in [-0.2, 0) is 0 Å². The third-order valence-corrected chi connectivity index (χ3v) is 0. The zero-order valence-corrected chi connectivity index (χ0v) is 8.12. The van der Waals surface area contributed by atoms with Gasteiger partial charge in [0.15, 0.2) is 0 Å².